The molecule has 0 fully saturated rings. The lowest BCUT2D eigenvalue weighted by atomic mass is 10.1. The SMILES string of the molecule is COc1ccc(C2Cn3nnc(-c4nc(-c5cccc(C)c5)no4)c3CO2)cc1. The van der Waals surface area contributed by atoms with Gasteiger partial charge in [-0.15, -0.1) is 5.10 Å². The molecule has 1 atom stereocenters. The molecular formula is C21H19N5O3. The fourth-order valence-corrected chi connectivity index (χ4v) is 3.42. The maximum absolute atomic E-state index is 6.06. The van der Waals surface area contributed by atoms with Crippen LogP contribution >= 0.6 is 0 Å². The molecule has 0 saturated heterocycles. The lowest BCUT2D eigenvalue weighted by molar-refractivity contribution is -0.00119. The summed E-state index contributed by atoms with van der Waals surface area (Å²) >= 11 is 0. The summed E-state index contributed by atoms with van der Waals surface area (Å²) < 4.78 is 18.6. The van der Waals surface area contributed by atoms with Gasteiger partial charge in [0.05, 0.1) is 26.0 Å². The second-order valence-corrected chi connectivity index (χ2v) is 6.93. The van der Waals surface area contributed by atoms with Crippen LogP contribution in [0.1, 0.15) is 22.9 Å². The zero-order valence-corrected chi connectivity index (χ0v) is 16.1. The molecule has 2 aromatic carbocycles. The minimum atomic E-state index is -0.103. The van der Waals surface area contributed by atoms with E-state index in [1.165, 1.54) is 0 Å². The standard InChI is InChI=1S/C21H19N5O3/c1-13-4-3-5-15(10-13)20-22-21(29-24-20)19-17-12-28-18(11-26(17)25-23-19)14-6-8-16(27-2)9-7-14/h3-10,18H,11-12H2,1-2H3. The highest BCUT2D eigenvalue weighted by molar-refractivity contribution is 5.59. The van der Waals surface area contributed by atoms with Crippen molar-refractivity contribution < 1.29 is 14.0 Å². The zero-order valence-electron chi connectivity index (χ0n) is 16.1. The quantitative estimate of drug-likeness (QED) is 0.527. The summed E-state index contributed by atoms with van der Waals surface area (Å²) in [6.45, 7) is 2.95. The molecule has 5 rings (SSSR count). The number of benzene rings is 2. The third-order valence-electron chi connectivity index (χ3n) is 4.99. The second-order valence-electron chi connectivity index (χ2n) is 6.93. The molecule has 0 aliphatic carbocycles. The van der Waals surface area contributed by atoms with E-state index in [0.717, 1.165) is 28.1 Å². The molecule has 1 aliphatic heterocycles. The fraction of sp³-hybridized carbons (Fsp3) is 0.238. The van der Waals surface area contributed by atoms with E-state index in [1.807, 2.05) is 60.1 Å². The molecule has 3 heterocycles. The molecule has 0 bridgehead atoms. The molecule has 1 unspecified atom stereocenters. The first-order valence-corrected chi connectivity index (χ1v) is 9.30. The first-order chi connectivity index (χ1) is 14.2. The fourth-order valence-electron chi connectivity index (χ4n) is 3.42. The average Bonchev–Trinajstić information content (AvgIpc) is 3.40. The van der Waals surface area contributed by atoms with Crippen molar-refractivity contribution >= 4 is 0 Å². The monoisotopic (exact) mass is 389 g/mol. The van der Waals surface area contributed by atoms with Gasteiger partial charge >= 0.3 is 0 Å². The number of ether oxygens (including phenoxy) is 2. The Hall–Kier alpha value is -3.52. The Bertz CT molecular complexity index is 1150. The zero-order chi connectivity index (χ0) is 19.8. The minimum Gasteiger partial charge on any atom is -0.497 e. The smallest absolute Gasteiger partial charge is 0.280 e. The molecule has 146 valence electrons. The lowest BCUT2D eigenvalue weighted by Crippen LogP contribution is -2.22. The molecular weight excluding hydrogens is 370 g/mol. The number of hydrogen-bond acceptors (Lipinski definition) is 7. The largest absolute Gasteiger partial charge is 0.497 e. The number of rotatable bonds is 4. The Balaban J connectivity index is 1.39. The summed E-state index contributed by atoms with van der Waals surface area (Å²) in [5, 5.41) is 12.6. The molecule has 4 aromatic rings. The number of aromatic nitrogens is 5. The van der Waals surface area contributed by atoms with Crippen molar-refractivity contribution in [3.05, 3.63) is 65.4 Å². The van der Waals surface area contributed by atoms with Gasteiger partial charge in [-0.2, -0.15) is 4.98 Å². The number of nitrogens with zero attached hydrogens (tertiary/aromatic N) is 5. The molecule has 0 radical (unpaired) electrons. The van der Waals surface area contributed by atoms with E-state index < -0.39 is 0 Å². The Morgan fingerprint density at radius 2 is 2.00 bits per heavy atom. The van der Waals surface area contributed by atoms with Crippen molar-refractivity contribution in [2.24, 2.45) is 0 Å². The van der Waals surface area contributed by atoms with E-state index in [4.69, 9.17) is 14.0 Å². The second kappa shape index (κ2) is 7.14. The van der Waals surface area contributed by atoms with E-state index in [-0.39, 0.29) is 6.10 Å². The number of aryl methyl sites for hydroxylation is 1. The van der Waals surface area contributed by atoms with E-state index >= 15 is 0 Å². The van der Waals surface area contributed by atoms with Crippen molar-refractivity contribution in [3.63, 3.8) is 0 Å². The summed E-state index contributed by atoms with van der Waals surface area (Å²) in [6, 6.07) is 15.8. The Morgan fingerprint density at radius 3 is 2.79 bits per heavy atom. The third-order valence-corrected chi connectivity index (χ3v) is 4.99. The minimum absolute atomic E-state index is 0.103. The van der Waals surface area contributed by atoms with Gasteiger partial charge < -0.3 is 14.0 Å². The van der Waals surface area contributed by atoms with Gasteiger partial charge in [-0.3, -0.25) is 0 Å². The number of methoxy groups -OCH3 is 1. The highest BCUT2D eigenvalue weighted by Gasteiger charge is 2.28. The highest BCUT2D eigenvalue weighted by atomic mass is 16.5. The predicted molar refractivity (Wildman–Crippen MR) is 104 cm³/mol. The van der Waals surface area contributed by atoms with E-state index in [1.54, 1.807) is 7.11 Å². The maximum atomic E-state index is 6.06. The van der Waals surface area contributed by atoms with Gasteiger partial charge in [0.25, 0.3) is 5.89 Å². The Labute approximate surface area is 167 Å². The summed E-state index contributed by atoms with van der Waals surface area (Å²) in [4.78, 5) is 4.51. The predicted octanol–water partition coefficient (Wildman–Crippen LogP) is 3.58. The molecule has 0 amide bonds. The van der Waals surface area contributed by atoms with Gasteiger partial charge in [-0.25, -0.2) is 4.68 Å². The molecule has 0 saturated carbocycles. The summed E-state index contributed by atoms with van der Waals surface area (Å²) in [7, 11) is 1.65. The van der Waals surface area contributed by atoms with Gasteiger partial charge in [0, 0.05) is 5.56 Å². The van der Waals surface area contributed by atoms with Crippen LogP contribution in [0, 0.1) is 6.92 Å². The van der Waals surface area contributed by atoms with E-state index in [0.29, 0.717) is 30.6 Å². The normalized spacial score (nSPS) is 15.9. The van der Waals surface area contributed by atoms with Crippen LogP contribution in [0.25, 0.3) is 23.0 Å². The first-order valence-electron chi connectivity index (χ1n) is 9.30. The molecule has 0 spiro atoms. The van der Waals surface area contributed by atoms with Gasteiger partial charge in [0.15, 0.2) is 5.69 Å². The van der Waals surface area contributed by atoms with Crippen LogP contribution in [0.4, 0.5) is 0 Å². The van der Waals surface area contributed by atoms with Crippen molar-refractivity contribution in [1.82, 2.24) is 25.1 Å². The average molecular weight is 389 g/mol. The Kier molecular flexibility index (Phi) is 4.33. The molecule has 2 aromatic heterocycles. The molecule has 29 heavy (non-hydrogen) atoms. The van der Waals surface area contributed by atoms with Gasteiger partial charge in [-0.1, -0.05) is 46.3 Å². The van der Waals surface area contributed by atoms with Crippen LogP contribution in [0.15, 0.2) is 53.1 Å². The molecule has 1 aliphatic rings. The maximum Gasteiger partial charge on any atom is 0.280 e. The van der Waals surface area contributed by atoms with Crippen molar-refractivity contribution in [2.75, 3.05) is 7.11 Å². The van der Waals surface area contributed by atoms with Gasteiger partial charge in [-0.05, 0) is 30.7 Å². The molecule has 8 nitrogen and oxygen atoms in total. The Morgan fingerprint density at radius 1 is 1.14 bits per heavy atom. The third kappa shape index (κ3) is 3.27. The lowest BCUT2D eigenvalue weighted by Gasteiger charge is -2.24. The summed E-state index contributed by atoms with van der Waals surface area (Å²) in [5.41, 5.74) is 4.48. The van der Waals surface area contributed by atoms with Crippen molar-refractivity contribution in [3.8, 4) is 28.7 Å². The van der Waals surface area contributed by atoms with Crippen LogP contribution < -0.4 is 4.74 Å². The summed E-state index contributed by atoms with van der Waals surface area (Å²) in [6.07, 6.45) is -0.103. The van der Waals surface area contributed by atoms with Crippen LogP contribution in [0.2, 0.25) is 0 Å². The van der Waals surface area contributed by atoms with Gasteiger partial charge in [0.2, 0.25) is 5.82 Å². The number of hydrogen-bond donors (Lipinski definition) is 0. The van der Waals surface area contributed by atoms with Crippen LogP contribution in [0.3, 0.4) is 0 Å². The summed E-state index contributed by atoms with van der Waals surface area (Å²) in [5.74, 6) is 1.68. The van der Waals surface area contributed by atoms with E-state index in [2.05, 4.69) is 20.5 Å². The molecule has 8 heteroatoms. The number of fused-ring (bicyclic) bond motifs is 1. The first kappa shape index (κ1) is 17.6. The molecule has 0 N–H and O–H groups in total. The van der Waals surface area contributed by atoms with Crippen LogP contribution in [-0.4, -0.2) is 32.2 Å². The van der Waals surface area contributed by atoms with Crippen LogP contribution in [-0.2, 0) is 17.9 Å². The highest BCUT2D eigenvalue weighted by Crippen LogP contribution is 2.31. The van der Waals surface area contributed by atoms with Gasteiger partial charge in [0.1, 0.15) is 11.9 Å². The van der Waals surface area contributed by atoms with Crippen molar-refractivity contribution in [2.45, 2.75) is 26.2 Å². The van der Waals surface area contributed by atoms with Crippen molar-refractivity contribution in [1.29, 1.82) is 0 Å². The van der Waals surface area contributed by atoms with Crippen LogP contribution in [0.5, 0.6) is 5.75 Å². The topological polar surface area (TPSA) is 88.1 Å². The van der Waals surface area contributed by atoms with E-state index in [9.17, 15) is 0 Å².